The number of carbonyl (C=O) groups excluding carboxylic acids is 4. The number of aromatic nitrogens is 1. The number of oxime groups is 1. The van der Waals surface area contributed by atoms with E-state index in [1.165, 1.54) is 36.1 Å². The van der Waals surface area contributed by atoms with Crippen LogP contribution >= 0.6 is 34.9 Å². The Morgan fingerprint density at radius 2 is 2.10 bits per heavy atom. The highest BCUT2D eigenvalue weighted by Gasteiger charge is 2.54. The summed E-state index contributed by atoms with van der Waals surface area (Å²) in [5.74, 6) is -2.59. The lowest BCUT2D eigenvalue weighted by atomic mass is 9.98. The molecule has 13 nitrogen and oxygen atoms in total. The van der Waals surface area contributed by atoms with Crippen LogP contribution in [0.1, 0.15) is 18.2 Å². The minimum absolute atomic E-state index is 0.0165. The van der Waals surface area contributed by atoms with Crippen molar-refractivity contribution in [2.75, 3.05) is 29.7 Å². The number of anilines is 2. The van der Waals surface area contributed by atoms with Gasteiger partial charge in [0.2, 0.25) is 5.91 Å². The number of carboxylic acids is 1. The minimum atomic E-state index is -1.26. The fraction of sp³-hybridized carbons (Fsp3) is 0.292. The van der Waals surface area contributed by atoms with Gasteiger partial charge in [-0.3, -0.25) is 24.1 Å². The summed E-state index contributed by atoms with van der Waals surface area (Å²) in [4.78, 5) is 71.4. The fourth-order valence-electron chi connectivity index (χ4n) is 4.09. The molecule has 3 amide bonds. The number of thioether (sulfide) groups is 2. The minimum Gasteiger partial charge on any atom is -0.477 e. The van der Waals surface area contributed by atoms with Crippen LogP contribution in [-0.2, 0) is 35.2 Å². The number of aliphatic carboxylic acids is 1. The van der Waals surface area contributed by atoms with Gasteiger partial charge in [-0.05, 0) is 29.7 Å². The molecule has 3 heterocycles. The van der Waals surface area contributed by atoms with Crippen LogP contribution in [0.3, 0.4) is 0 Å². The molecule has 5 N–H and O–H groups in total. The van der Waals surface area contributed by atoms with Crippen molar-refractivity contribution in [3.05, 3.63) is 52.2 Å². The van der Waals surface area contributed by atoms with E-state index in [1.807, 2.05) is 0 Å². The summed E-state index contributed by atoms with van der Waals surface area (Å²) in [5.41, 5.74) is 7.28. The highest BCUT2D eigenvalue weighted by Crippen LogP contribution is 2.41. The molecular formula is C24H24N6O7S3. The van der Waals surface area contributed by atoms with Gasteiger partial charge in [-0.2, -0.15) is 0 Å². The number of nitrogens with one attached hydrogen (secondary N) is 2. The number of carboxylic acid groups (broad SMARTS) is 1. The molecule has 2 aliphatic heterocycles. The first-order valence-corrected chi connectivity index (χ1v) is 14.6. The third-order valence-corrected chi connectivity index (χ3v) is 8.56. The third-order valence-electron chi connectivity index (χ3n) is 5.73. The van der Waals surface area contributed by atoms with Crippen molar-refractivity contribution in [1.82, 2.24) is 15.2 Å². The molecular weight excluding hydrogens is 581 g/mol. The molecule has 0 saturated carbocycles. The Morgan fingerprint density at radius 3 is 2.75 bits per heavy atom. The topological polar surface area (TPSA) is 193 Å². The van der Waals surface area contributed by atoms with E-state index in [4.69, 9.17) is 10.6 Å². The molecule has 1 aromatic heterocycles. The number of fused-ring (bicyclic) bond motifs is 1. The van der Waals surface area contributed by atoms with Crippen molar-refractivity contribution in [2.24, 2.45) is 5.16 Å². The monoisotopic (exact) mass is 604 g/mol. The lowest BCUT2D eigenvalue weighted by molar-refractivity contribution is -0.150. The van der Waals surface area contributed by atoms with Gasteiger partial charge in [0.25, 0.3) is 11.8 Å². The number of nitrogen functional groups attached to an aromatic ring is 1. The van der Waals surface area contributed by atoms with E-state index in [9.17, 15) is 29.1 Å². The molecule has 40 heavy (non-hydrogen) atoms. The van der Waals surface area contributed by atoms with Crippen LogP contribution in [-0.4, -0.2) is 79.5 Å². The number of thiazole rings is 1. The largest absolute Gasteiger partial charge is 0.477 e. The Bertz CT molecular complexity index is 1440. The van der Waals surface area contributed by atoms with Crippen LogP contribution in [0, 0.1) is 0 Å². The van der Waals surface area contributed by atoms with E-state index in [-0.39, 0.29) is 45.4 Å². The number of hydrogen-bond acceptors (Lipinski definition) is 12. The maximum Gasteiger partial charge on any atom is 0.352 e. The molecule has 0 aliphatic carbocycles. The van der Waals surface area contributed by atoms with Crippen LogP contribution < -0.4 is 16.4 Å². The zero-order valence-corrected chi connectivity index (χ0v) is 23.7. The SMILES string of the molecule is CON=C(C(=O)NC1C(=O)N2C(C(=O)O)=C(Cc3cccc(NC(=O)CSC(C)=O)c3)CSC12)c1csc(N)n1. The van der Waals surface area contributed by atoms with Gasteiger partial charge in [-0.25, -0.2) is 9.78 Å². The zero-order valence-electron chi connectivity index (χ0n) is 21.2. The van der Waals surface area contributed by atoms with Gasteiger partial charge in [-0.15, -0.1) is 23.1 Å². The quantitative estimate of drug-likeness (QED) is 0.173. The number of nitrogens with two attached hydrogens (primary N) is 1. The summed E-state index contributed by atoms with van der Waals surface area (Å²) in [6.45, 7) is 1.38. The summed E-state index contributed by atoms with van der Waals surface area (Å²) < 4.78 is 0. The standard InChI is InChI=1S/C24H24N6O7S3/c1-11(31)38-10-16(32)26-14-5-3-4-12(7-14)6-13-8-39-22-18(21(34)30(22)19(13)23(35)36)28-20(33)17(29-37-2)15-9-40-24(25)27-15/h3-5,7,9,18,22H,6,8,10H2,1-2H3,(H2,25,27)(H,26,32)(H,28,33)(H,35,36). The predicted octanol–water partition coefficient (Wildman–Crippen LogP) is 1.28. The second kappa shape index (κ2) is 12.5. The van der Waals surface area contributed by atoms with E-state index in [1.54, 1.807) is 24.3 Å². The van der Waals surface area contributed by atoms with E-state index in [2.05, 4.69) is 20.8 Å². The van der Waals surface area contributed by atoms with E-state index < -0.39 is 29.2 Å². The number of nitrogens with zero attached hydrogens (tertiary/aromatic N) is 3. The number of carbonyl (C=O) groups is 5. The smallest absolute Gasteiger partial charge is 0.352 e. The first-order chi connectivity index (χ1) is 19.1. The number of hydrogen-bond donors (Lipinski definition) is 4. The summed E-state index contributed by atoms with van der Waals surface area (Å²) in [7, 11) is 1.26. The second-order valence-electron chi connectivity index (χ2n) is 8.52. The van der Waals surface area contributed by atoms with Crippen LogP contribution in [0.25, 0.3) is 0 Å². The highest BCUT2D eigenvalue weighted by atomic mass is 32.2. The molecule has 2 atom stereocenters. The Labute approximate surface area is 240 Å². The molecule has 4 rings (SSSR count). The Hall–Kier alpha value is -3.89. The average molecular weight is 605 g/mol. The maximum absolute atomic E-state index is 13.1. The maximum atomic E-state index is 13.1. The molecule has 0 radical (unpaired) electrons. The number of rotatable bonds is 10. The average Bonchev–Trinajstić information content (AvgIpc) is 3.34. The predicted molar refractivity (Wildman–Crippen MR) is 152 cm³/mol. The second-order valence-corrected chi connectivity index (χ2v) is 11.7. The third kappa shape index (κ3) is 6.46. The highest BCUT2D eigenvalue weighted by molar-refractivity contribution is 8.14. The summed E-state index contributed by atoms with van der Waals surface area (Å²) >= 11 is 3.33. The van der Waals surface area contributed by atoms with Gasteiger partial charge in [0.1, 0.15) is 29.9 Å². The number of amides is 3. The van der Waals surface area contributed by atoms with Crippen molar-refractivity contribution in [3.63, 3.8) is 0 Å². The molecule has 1 aromatic carbocycles. The zero-order chi connectivity index (χ0) is 29.0. The van der Waals surface area contributed by atoms with Gasteiger partial charge < -0.3 is 26.3 Å². The summed E-state index contributed by atoms with van der Waals surface area (Å²) in [5, 5.41) is 20.0. The lowest BCUT2D eigenvalue weighted by Gasteiger charge is -2.49. The first kappa shape index (κ1) is 29.1. The normalized spacial score (nSPS) is 18.5. The summed E-state index contributed by atoms with van der Waals surface area (Å²) in [6, 6.07) is 5.93. The molecule has 210 valence electrons. The Morgan fingerprint density at radius 1 is 1.32 bits per heavy atom. The Kier molecular flexibility index (Phi) is 9.11. The van der Waals surface area contributed by atoms with Crippen LogP contribution in [0.15, 0.2) is 46.1 Å². The summed E-state index contributed by atoms with van der Waals surface area (Å²) in [6.07, 6.45) is 0.226. The molecule has 1 fully saturated rings. The van der Waals surface area contributed by atoms with Gasteiger partial charge in [0, 0.05) is 23.7 Å². The van der Waals surface area contributed by atoms with E-state index >= 15 is 0 Å². The molecule has 0 spiro atoms. The molecule has 16 heteroatoms. The van der Waals surface area contributed by atoms with Crippen molar-refractivity contribution in [2.45, 2.75) is 24.8 Å². The van der Waals surface area contributed by atoms with Crippen molar-refractivity contribution in [1.29, 1.82) is 0 Å². The molecule has 0 bridgehead atoms. The van der Waals surface area contributed by atoms with Crippen molar-refractivity contribution in [3.8, 4) is 0 Å². The lowest BCUT2D eigenvalue weighted by Crippen LogP contribution is -2.71. The van der Waals surface area contributed by atoms with Crippen LogP contribution in [0.4, 0.5) is 10.8 Å². The molecule has 2 aliphatic rings. The number of benzene rings is 1. The van der Waals surface area contributed by atoms with Gasteiger partial charge in [0.05, 0.1) is 5.75 Å². The van der Waals surface area contributed by atoms with Crippen LogP contribution in [0.2, 0.25) is 0 Å². The fourth-order valence-corrected chi connectivity index (χ4v) is 6.39. The van der Waals surface area contributed by atoms with Gasteiger partial charge in [-0.1, -0.05) is 29.1 Å². The molecule has 2 aromatic rings. The van der Waals surface area contributed by atoms with E-state index in [0.29, 0.717) is 17.0 Å². The number of β-lactam (4-membered cyclic amide) rings is 1. The van der Waals surface area contributed by atoms with Gasteiger partial charge in [0.15, 0.2) is 16.0 Å². The first-order valence-electron chi connectivity index (χ1n) is 11.6. The van der Waals surface area contributed by atoms with Crippen molar-refractivity contribution >= 4 is 80.2 Å². The molecule has 2 unspecified atom stereocenters. The van der Waals surface area contributed by atoms with Crippen LogP contribution in [0.5, 0.6) is 0 Å². The van der Waals surface area contributed by atoms with Gasteiger partial charge >= 0.3 is 5.97 Å². The molecule has 1 saturated heterocycles. The Balaban J connectivity index is 1.47. The van der Waals surface area contributed by atoms with E-state index in [0.717, 1.165) is 28.7 Å². The van der Waals surface area contributed by atoms with Crippen molar-refractivity contribution < 1.29 is 33.9 Å².